The average molecular weight is 553 g/mol. The van der Waals surface area contributed by atoms with Crippen molar-refractivity contribution < 1.29 is 19.1 Å². The van der Waals surface area contributed by atoms with E-state index in [0.29, 0.717) is 18.7 Å². The van der Waals surface area contributed by atoms with Gasteiger partial charge in [0.2, 0.25) is 11.8 Å². The van der Waals surface area contributed by atoms with Gasteiger partial charge in [0.05, 0.1) is 24.7 Å². The molecule has 10 nitrogen and oxygen atoms in total. The maximum Gasteiger partial charge on any atom is 0.246 e. The number of anilines is 1. The fourth-order valence-corrected chi connectivity index (χ4v) is 5.68. The first-order chi connectivity index (χ1) is 19.0. The highest BCUT2D eigenvalue weighted by Crippen LogP contribution is 2.33. The molecule has 2 aliphatic rings. The molecule has 0 bridgehead atoms. The minimum absolute atomic E-state index is 0.0394. The second kappa shape index (κ2) is 12.5. The van der Waals surface area contributed by atoms with Crippen molar-refractivity contribution in [3.05, 3.63) is 24.0 Å². The van der Waals surface area contributed by atoms with E-state index < -0.39 is 23.5 Å². The largest absolute Gasteiger partial charge is 0.496 e. The van der Waals surface area contributed by atoms with E-state index in [1.807, 2.05) is 32.9 Å². The Balaban J connectivity index is 1.59. The zero-order valence-electron chi connectivity index (χ0n) is 24.7. The second-order valence-electron chi connectivity index (χ2n) is 12.1. The van der Waals surface area contributed by atoms with Crippen LogP contribution in [0, 0.1) is 5.41 Å². The van der Waals surface area contributed by atoms with Gasteiger partial charge >= 0.3 is 0 Å². The molecule has 218 valence electrons. The summed E-state index contributed by atoms with van der Waals surface area (Å²) in [5, 5.41) is 6.75. The van der Waals surface area contributed by atoms with Gasteiger partial charge in [0.15, 0.2) is 5.78 Å². The van der Waals surface area contributed by atoms with Crippen LogP contribution in [0.4, 0.5) is 5.82 Å². The van der Waals surface area contributed by atoms with Crippen LogP contribution in [0.15, 0.2) is 18.5 Å². The van der Waals surface area contributed by atoms with Crippen LogP contribution in [0.3, 0.4) is 0 Å². The number of methoxy groups -OCH3 is 1. The number of likely N-dealkylation sites (tertiary alicyclic amines) is 1. The summed E-state index contributed by atoms with van der Waals surface area (Å²) in [6.07, 6.45) is 6.52. The molecule has 0 saturated carbocycles. The van der Waals surface area contributed by atoms with Gasteiger partial charge in [-0.25, -0.2) is 9.97 Å². The highest BCUT2D eigenvalue weighted by Gasteiger charge is 2.42. The lowest BCUT2D eigenvalue weighted by atomic mass is 9.85. The van der Waals surface area contributed by atoms with Crippen molar-refractivity contribution in [1.29, 1.82) is 0 Å². The summed E-state index contributed by atoms with van der Waals surface area (Å²) in [5.41, 5.74) is 1.01. The fourth-order valence-electron chi connectivity index (χ4n) is 5.68. The zero-order chi connectivity index (χ0) is 29.0. The molecule has 2 aliphatic heterocycles. The van der Waals surface area contributed by atoms with Crippen molar-refractivity contribution in [2.24, 2.45) is 5.41 Å². The van der Waals surface area contributed by atoms with E-state index >= 15 is 0 Å². The number of ether oxygens (including phenoxy) is 1. The summed E-state index contributed by atoms with van der Waals surface area (Å²) < 4.78 is 5.68. The molecular weight excluding hydrogens is 508 g/mol. The third-order valence-corrected chi connectivity index (χ3v) is 8.17. The number of aromatic nitrogens is 2. The number of piperidine rings is 1. The van der Waals surface area contributed by atoms with Gasteiger partial charge in [-0.2, -0.15) is 0 Å². The lowest BCUT2D eigenvalue weighted by Crippen LogP contribution is -2.58. The maximum atomic E-state index is 13.8. The number of fused-ring (bicyclic) bond motifs is 1. The van der Waals surface area contributed by atoms with E-state index in [4.69, 9.17) is 4.74 Å². The van der Waals surface area contributed by atoms with Gasteiger partial charge in [0, 0.05) is 43.1 Å². The van der Waals surface area contributed by atoms with Gasteiger partial charge in [0.25, 0.3) is 0 Å². The molecule has 10 heteroatoms. The number of carbonyl (C=O) groups is 3. The van der Waals surface area contributed by atoms with Crippen LogP contribution >= 0.6 is 0 Å². The quantitative estimate of drug-likeness (QED) is 0.488. The topological polar surface area (TPSA) is 117 Å². The van der Waals surface area contributed by atoms with Crippen LogP contribution < -0.4 is 20.3 Å². The summed E-state index contributed by atoms with van der Waals surface area (Å²) in [6.45, 7) is 9.91. The number of nitrogens with one attached hydrogen (secondary N) is 2. The minimum atomic E-state index is -0.747. The Morgan fingerprint density at radius 2 is 1.80 bits per heavy atom. The summed E-state index contributed by atoms with van der Waals surface area (Å²) in [5.74, 6) is 0.985. The summed E-state index contributed by atoms with van der Waals surface area (Å²) in [7, 11) is 3.30. The number of hydrogen-bond acceptors (Lipinski definition) is 8. The molecule has 2 saturated heterocycles. The van der Waals surface area contributed by atoms with Gasteiger partial charge in [0.1, 0.15) is 23.9 Å². The van der Waals surface area contributed by atoms with Gasteiger partial charge in [-0.3, -0.25) is 14.4 Å². The summed E-state index contributed by atoms with van der Waals surface area (Å²) in [4.78, 5) is 53.3. The Morgan fingerprint density at radius 1 is 1.07 bits per heavy atom. The number of nitrogens with zero attached hydrogens (tertiary/aromatic N) is 4. The number of carbonyl (C=O) groups excluding carboxylic acids is 3. The van der Waals surface area contributed by atoms with Gasteiger partial charge in [-0.1, -0.05) is 20.8 Å². The maximum absolute atomic E-state index is 13.8. The van der Waals surface area contributed by atoms with E-state index in [-0.39, 0.29) is 24.0 Å². The molecule has 40 heavy (non-hydrogen) atoms. The van der Waals surface area contributed by atoms with Crippen molar-refractivity contribution in [3.63, 3.8) is 0 Å². The molecule has 3 atom stereocenters. The summed E-state index contributed by atoms with van der Waals surface area (Å²) in [6, 6.07) is 2.12. The molecule has 1 aromatic heterocycles. The number of benzene rings is 1. The van der Waals surface area contributed by atoms with Crippen LogP contribution in [0.5, 0.6) is 5.75 Å². The molecule has 2 aromatic rings. The lowest BCUT2D eigenvalue weighted by Gasteiger charge is -2.36. The highest BCUT2D eigenvalue weighted by atomic mass is 16.5. The molecule has 0 aliphatic carbocycles. The van der Waals surface area contributed by atoms with E-state index in [9.17, 15) is 14.4 Å². The van der Waals surface area contributed by atoms with Gasteiger partial charge < -0.3 is 25.2 Å². The molecule has 0 unspecified atom stereocenters. The first-order valence-electron chi connectivity index (χ1n) is 14.4. The van der Waals surface area contributed by atoms with Gasteiger partial charge in [-0.05, 0) is 57.6 Å². The SMILES string of the molecule is CN[C@@H](C)C(=O)N[C@H](C(=O)N1CCC[C@H]1C(=O)Cc1cc2c(N3CCCCC3)ncnc2cc1OC)C(C)(C)C. The Kier molecular flexibility index (Phi) is 9.28. The minimum Gasteiger partial charge on any atom is -0.496 e. The lowest BCUT2D eigenvalue weighted by molar-refractivity contribution is -0.143. The average Bonchev–Trinajstić information content (AvgIpc) is 3.44. The smallest absolute Gasteiger partial charge is 0.246 e. The third-order valence-electron chi connectivity index (χ3n) is 8.17. The van der Waals surface area contributed by atoms with E-state index in [2.05, 4.69) is 25.5 Å². The number of Topliss-reactive ketones (excluding diaryl/α,β-unsaturated/α-hetero) is 1. The number of rotatable bonds is 9. The molecule has 3 heterocycles. The Morgan fingerprint density at radius 3 is 2.45 bits per heavy atom. The van der Waals surface area contributed by atoms with Crippen molar-refractivity contribution in [1.82, 2.24) is 25.5 Å². The summed E-state index contributed by atoms with van der Waals surface area (Å²) >= 11 is 0. The van der Waals surface area contributed by atoms with Crippen LogP contribution in [-0.2, 0) is 20.8 Å². The Hall–Kier alpha value is -3.27. The van der Waals surface area contributed by atoms with Crippen LogP contribution in [0.25, 0.3) is 10.9 Å². The van der Waals surface area contributed by atoms with Crippen molar-refractivity contribution in [2.75, 3.05) is 38.7 Å². The standard InChI is InChI=1S/C30H44N6O4/c1-19(31-5)28(38)34-26(30(2,3)4)29(39)36-14-10-11-23(36)24(37)16-20-15-21-22(17-25(20)40-6)32-18-33-27(21)35-12-8-7-9-13-35/h15,17-19,23,26,31H,7-14,16H2,1-6H3,(H,34,38)/t19-,23-,26+/m0/s1. The molecule has 0 radical (unpaired) electrons. The van der Waals surface area contributed by atoms with Crippen molar-refractivity contribution in [3.8, 4) is 5.75 Å². The third kappa shape index (κ3) is 6.37. The fraction of sp³-hybridized carbons (Fsp3) is 0.633. The number of ketones is 1. The van der Waals surface area contributed by atoms with E-state index in [1.54, 1.807) is 32.3 Å². The van der Waals surface area contributed by atoms with Crippen molar-refractivity contribution >= 4 is 34.3 Å². The number of likely N-dealkylation sites (N-methyl/N-ethyl adjacent to an activating group) is 1. The Bertz CT molecular complexity index is 1240. The zero-order valence-corrected chi connectivity index (χ0v) is 24.7. The second-order valence-corrected chi connectivity index (χ2v) is 12.1. The van der Waals surface area contributed by atoms with Gasteiger partial charge in [-0.15, -0.1) is 0 Å². The van der Waals surface area contributed by atoms with Crippen LogP contribution in [-0.4, -0.2) is 84.4 Å². The predicted octanol–water partition coefficient (Wildman–Crippen LogP) is 2.87. The predicted molar refractivity (Wildman–Crippen MR) is 156 cm³/mol. The number of amides is 2. The van der Waals surface area contributed by atoms with Crippen molar-refractivity contribution in [2.45, 2.75) is 84.3 Å². The first-order valence-corrected chi connectivity index (χ1v) is 14.4. The van der Waals surface area contributed by atoms with Crippen LogP contribution in [0.1, 0.15) is 65.4 Å². The van der Waals surface area contributed by atoms with E-state index in [0.717, 1.165) is 54.6 Å². The normalized spacial score (nSPS) is 19.4. The molecule has 0 spiro atoms. The highest BCUT2D eigenvalue weighted by molar-refractivity contribution is 5.97. The van der Waals surface area contributed by atoms with E-state index in [1.165, 1.54) is 6.42 Å². The molecular formula is C30H44N6O4. The van der Waals surface area contributed by atoms with Crippen LogP contribution in [0.2, 0.25) is 0 Å². The molecule has 4 rings (SSSR count). The monoisotopic (exact) mass is 552 g/mol. The molecule has 1 aromatic carbocycles. The number of hydrogen-bond donors (Lipinski definition) is 2. The molecule has 2 fully saturated rings. The first kappa shape index (κ1) is 29.7. The Labute approximate surface area is 237 Å². The molecule has 2 amide bonds. The molecule has 2 N–H and O–H groups in total.